The third-order valence-electron chi connectivity index (χ3n) is 5.19. The van der Waals surface area contributed by atoms with E-state index in [-0.39, 0.29) is 6.09 Å². The second-order valence-electron chi connectivity index (χ2n) is 7.21. The number of rotatable bonds is 6. The van der Waals surface area contributed by atoms with Gasteiger partial charge in [-0.1, -0.05) is 48.5 Å². The molecular weight excluding hydrogens is 352 g/mol. The summed E-state index contributed by atoms with van der Waals surface area (Å²) in [6.07, 6.45) is 3.69. The molecule has 6 heteroatoms. The van der Waals surface area contributed by atoms with Crippen LogP contribution in [-0.4, -0.2) is 46.4 Å². The summed E-state index contributed by atoms with van der Waals surface area (Å²) >= 11 is 0. The summed E-state index contributed by atoms with van der Waals surface area (Å²) in [6.45, 7) is 3.38. The minimum atomic E-state index is -0.228. The summed E-state index contributed by atoms with van der Waals surface area (Å²) in [5.41, 5.74) is 2.18. The molecule has 28 heavy (non-hydrogen) atoms. The summed E-state index contributed by atoms with van der Waals surface area (Å²) in [4.78, 5) is 14.2. The van der Waals surface area contributed by atoms with Crippen LogP contribution < -0.4 is 5.32 Å². The molecular formula is C22H26N4O2. The van der Waals surface area contributed by atoms with E-state index in [1.807, 2.05) is 53.6 Å². The topological polar surface area (TPSA) is 59.4 Å². The maximum atomic E-state index is 12.4. The molecule has 1 aliphatic heterocycles. The second kappa shape index (κ2) is 8.89. The number of hydrogen-bond donors (Lipinski definition) is 1. The first-order chi connectivity index (χ1) is 13.8. The van der Waals surface area contributed by atoms with Crippen LogP contribution in [0.4, 0.5) is 4.79 Å². The molecule has 0 unspecified atom stereocenters. The van der Waals surface area contributed by atoms with Gasteiger partial charge in [0.15, 0.2) is 0 Å². The Morgan fingerprint density at radius 1 is 1.14 bits per heavy atom. The Morgan fingerprint density at radius 2 is 1.96 bits per heavy atom. The normalized spacial score (nSPS) is 17.0. The zero-order valence-electron chi connectivity index (χ0n) is 16.0. The summed E-state index contributed by atoms with van der Waals surface area (Å²) in [7, 11) is 0. The van der Waals surface area contributed by atoms with Crippen LogP contribution in [0.3, 0.4) is 0 Å². The van der Waals surface area contributed by atoms with Gasteiger partial charge in [0.1, 0.15) is 6.61 Å². The average Bonchev–Trinajstić information content (AvgIpc) is 3.16. The molecule has 2 heterocycles. The standard InChI is InChI=1S/C22H26N4O2/c27-22(28-17-18-7-2-1-3-8-18)25-14-12-23-20(16-25)10-6-13-26-21-11-5-4-9-19(21)15-24-26/h1-5,7-9,11,15,20,23H,6,10,12-14,16-17H2/t20-/m1/s1. The van der Waals surface area contributed by atoms with Crippen molar-refractivity contribution < 1.29 is 9.53 Å². The van der Waals surface area contributed by atoms with Crippen LogP contribution in [0.5, 0.6) is 0 Å². The number of nitrogens with zero attached hydrogens (tertiary/aromatic N) is 3. The Hall–Kier alpha value is -2.86. The lowest BCUT2D eigenvalue weighted by Gasteiger charge is -2.33. The number of fused-ring (bicyclic) bond motifs is 1. The second-order valence-corrected chi connectivity index (χ2v) is 7.21. The lowest BCUT2D eigenvalue weighted by Crippen LogP contribution is -2.52. The predicted molar refractivity (Wildman–Crippen MR) is 109 cm³/mol. The van der Waals surface area contributed by atoms with Gasteiger partial charge in [0.05, 0.1) is 11.7 Å². The van der Waals surface area contributed by atoms with Gasteiger partial charge in [-0.2, -0.15) is 5.10 Å². The highest BCUT2D eigenvalue weighted by atomic mass is 16.6. The molecule has 0 saturated carbocycles. The molecule has 4 rings (SSSR count). The number of para-hydroxylation sites is 1. The van der Waals surface area contributed by atoms with Crippen LogP contribution in [0.1, 0.15) is 18.4 Å². The van der Waals surface area contributed by atoms with Crippen LogP contribution in [0.2, 0.25) is 0 Å². The number of carbonyl (C=O) groups is 1. The quantitative estimate of drug-likeness (QED) is 0.714. The first-order valence-electron chi connectivity index (χ1n) is 9.89. The van der Waals surface area contributed by atoms with E-state index in [0.29, 0.717) is 25.7 Å². The molecule has 1 aliphatic rings. The molecule has 6 nitrogen and oxygen atoms in total. The van der Waals surface area contributed by atoms with E-state index in [4.69, 9.17) is 4.74 Å². The fourth-order valence-corrected chi connectivity index (χ4v) is 3.69. The molecule has 0 bridgehead atoms. The van der Waals surface area contributed by atoms with Gasteiger partial charge < -0.3 is 15.0 Å². The van der Waals surface area contributed by atoms with Gasteiger partial charge in [0, 0.05) is 37.6 Å². The Kier molecular flexibility index (Phi) is 5.87. The van der Waals surface area contributed by atoms with Crippen molar-refractivity contribution in [3.8, 4) is 0 Å². The minimum absolute atomic E-state index is 0.228. The highest BCUT2D eigenvalue weighted by Crippen LogP contribution is 2.14. The fraction of sp³-hybridized carbons (Fsp3) is 0.364. The number of carbonyl (C=O) groups excluding carboxylic acids is 1. The van der Waals surface area contributed by atoms with E-state index in [1.54, 1.807) is 0 Å². The van der Waals surface area contributed by atoms with E-state index in [9.17, 15) is 4.79 Å². The van der Waals surface area contributed by atoms with Crippen molar-refractivity contribution in [1.29, 1.82) is 0 Å². The molecule has 1 aromatic heterocycles. The molecule has 3 aromatic rings. The van der Waals surface area contributed by atoms with E-state index in [0.717, 1.165) is 31.5 Å². The van der Waals surface area contributed by atoms with Crippen molar-refractivity contribution in [2.75, 3.05) is 19.6 Å². The largest absolute Gasteiger partial charge is 0.445 e. The maximum Gasteiger partial charge on any atom is 0.410 e. The van der Waals surface area contributed by atoms with Gasteiger partial charge in [0.25, 0.3) is 0 Å². The van der Waals surface area contributed by atoms with Gasteiger partial charge in [-0.3, -0.25) is 4.68 Å². The lowest BCUT2D eigenvalue weighted by atomic mass is 10.1. The summed E-state index contributed by atoms with van der Waals surface area (Å²) in [5, 5.41) is 9.17. The molecule has 1 saturated heterocycles. The maximum absolute atomic E-state index is 12.4. The molecule has 0 aliphatic carbocycles. The SMILES string of the molecule is O=C(OCc1ccccc1)N1CCN[C@H](CCCn2ncc3ccccc32)C1. The van der Waals surface area contributed by atoms with Crippen molar-refractivity contribution in [1.82, 2.24) is 20.0 Å². The number of ether oxygens (including phenoxy) is 1. The number of piperazine rings is 1. The highest BCUT2D eigenvalue weighted by Gasteiger charge is 2.24. The number of aromatic nitrogens is 2. The minimum Gasteiger partial charge on any atom is -0.445 e. The van der Waals surface area contributed by atoms with E-state index in [1.165, 1.54) is 10.9 Å². The lowest BCUT2D eigenvalue weighted by molar-refractivity contribution is 0.0839. The zero-order valence-corrected chi connectivity index (χ0v) is 16.0. The third-order valence-corrected chi connectivity index (χ3v) is 5.19. The van der Waals surface area contributed by atoms with E-state index >= 15 is 0 Å². The number of nitrogens with one attached hydrogen (secondary N) is 1. The van der Waals surface area contributed by atoms with Crippen molar-refractivity contribution in [2.45, 2.75) is 32.0 Å². The predicted octanol–water partition coefficient (Wildman–Crippen LogP) is 3.43. The molecule has 2 aromatic carbocycles. The summed E-state index contributed by atoms with van der Waals surface area (Å²) in [6, 6.07) is 18.3. The van der Waals surface area contributed by atoms with Crippen LogP contribution in [0, 0.1) is 0 Å². The summed E-state index contributed by atoms with van der Waals surface area (Å²) in [5.74, 6) is 0. The molecule has 1 fully saturated rings. The van der Waals surface area contributed by atoms with Gasteiger partial charge in [-0.25, -0.2) is 4.79 Å². The van der Waals surface area contributed by atoms with E-state index < -0.39 is 0 Å². The Morgan fingerprint density at radius 3 is 2.86 bits per heavy atom. The van der Waals surface area contributed by atoms with E-state index in [2.05, 4.69) is 27.2 Å². The molecule has 146 valence electrons. The Labute approximate surface area is 165 Å². The Balaban J connectivity index is 1.24. The third kappa shape index (κ3) is 4.51. The van der Waals surface area contributed by atoms with Crippen LogP contribution in [0.25, 0.3) is 10.9 Å². The van der Waals surface area contributed by atoms with Crippen LogP contribution >= 0.6 is 0 Å². The van der Waals surface area contributed by atoms with Gasteiger partial charge in [0.2, 0.25) is 0 Å². The highest BCUT2D eigenvalue weighted by molar-refractivity contribution is 5.78. The van der Waals surface area contributed by atoms with Crippen molar-refractivity contribution in [3.63, 3.8) is 0 Å². The number of aryl methyl sites for hydroxylation is 1. The molecule has 0 radical (unpaired) electrons. The van der Waals surface area contributed by atoms with Crippen molar-refractivity contribution in [3.05, 3.63) is 66.4 Å². The monoisotopic (exact) mass is 378 g/mol. The van der Waals surface area contributed by atoms with Crippen molar-refractivity contribution in [2.24, 2.45) is 0 Å². The molecule has 0 spiro atoms. The van der Waals surface area contributed by atoms with Gasteiger partial charge in [-0.05, 0) is 24.5 Å². The number of benzene rings is 2. The van der Waals surface area contributed by atoms with Gasteiger partial charge >= 0.3 is 6.09 Å². The first-order valence-corrected chi connectivity index (χ1v) is 9.89. The molecule has 1 N–H and O–H groups in total. The Bertz CT molecular complexity index is 909. The zero-order chi connectivity index (χ0) is 19.2. The molecule has 1 amide bonds. The number of amides is 1. The number of hydrogen-bond acceptors (Lipinski definition) is 4. The smallest absolute Gasteiger partial charge is 0.410 e. The average molecular weight is 378 g/mol. The fourth-order valence-electron chi connectivity index (χ4n) is 3.69. The van der Waals surface area contributed by atoms with Crippen LogP contribution in [-0.2, 0) is 17.9 Å². The molecule has 1 atom stereocenters. The summed E-state index contributed by atoms with van der Waals surface area (Å²) < 4.78 is 7.53. The van der Waals surface area contributed by atoms with Crippen LogP contribution in [0.15, 0.2) is 60.8 Å². The van der Waals surface area contributed by atoms with Crippen molar-refractivity contribution >= 4 is 17.0 Å². The first kappa shape index (κ1) is 18.5. The van der Waals surface area contributed by atoms with Gasteiger partial charge in [-0.15, -0.1) is 0 Å².